The zero-order valence-electron chi connectivity index (χ0n) is 11.7. The molecule has 19 heavy (non-hydrogen) atoms. The third-order valence-electron chi connectivity index (χ3n) is 3.85. The molecule has 1 aliphatic heterocycles. The first-order valence-electron chi connectivity index (χ1n) is 6.27. The molecule has 0 bridgehead atoms. The van der Waals surface area contributed by atoms with Crippen LogP contribution in [0, 0.1) is 5.41 Å². The molecule has 0 radical (unpaired) electrons. The maximum Gasteiger partial charge on any atom is 0.231 e. The Morgan fingerprint density at radius 3 is 2.47 bits per heavy atom. The van der Waals surface area contributed by atoms with Crippen LogP contribution in [0.5, 0.6) is 11.5 Å². The number of aliphatic hydroxyl groups is 1. The van der Waals surface area contributed by atoms with Crippen molar-refractivity contribution >= 4 is 17.3 Å². The Hall–Kier alpha value is -1.13. The fraction of sp³-hybridized carbons (Fsp3) is 0.571. The van der Waals surface area contributed by atoms with Crippen LogP contribution in [-0.4, -0.2) is 24.0 Å². The predicted molar refractivity (Wildman–Crippen MR) is 76.1 cm³/mol. The summed E-state index contributed by atoms with van der Waals surface area (Å²) in [6, 6.07) is 3.63. The van der Waals surface area contributed by atoms with Gasteiger partial charge in [-0.15, -0.1) is 0 Å². The molecule has 0 saturated carbocycles. The van der Waals surface area contributed by atoms with Crippen LogP contribution < -0.4 is 14.8 Å². The number of rotatable bonds is 4. The molecule has 1 aromatic rings. The molecule has 0 aliphatic carbocycles. The normalized spacial score (nSPS) is 14.6. The number of benzene rings is 1. The summed E-state index contributed by atoms with van der Waals surface area (Å²) in [6.45, 7) is 8.42. The molecule has 0 fully saturated rings. The van der Waals surface area contributed by atoms with Crippen LogP contribution >= 0.6 is 11.6 Å². The Kier molecular flexibility index (Phi) is 3.58. The van der Waals surface area contributed by atoms with E-state index in [1.165, 1.54) is 0 Å². The Balaban J connectivity index is 2.16. The van der Waals surface area contributed by atoms with E-state index in [9.17, 15) is 5.11 Å². The minimum Gasteiger partial charge on any atom is -0.452 e. The molecule has 0 unspecified atom stereocenters. The van der Waals surface area contributed by atoms with Gasteiger partial charge in [0.25, 0.3) is 0 Å². The summed E-state index contributed by atoms with van der Waals surface area (Å²) in [5.74, 6) is 1.21. The molecule has 2 N–H and O–H groups in total. The van der Waals surface area contributed by atoms with E-state index >= 15 is 0 Å². The number of ether oxygens (including phenoxy) is 2. The maximum atomic E-state index is 10.1. The summed E-state index contributed by atoms with van der Waals surface area (Å²) >= 11 is 6.03. The summed E-state index contributed by atoms with van der Waals surface area (Å²) < 4.78 is 10.8. The van der Waals surface area contributed by atoms with Crippen LogP contribution in [0.3, 0.4) is 0 Å². The molecular formula is C14H20ClNO3. The second-order valence-electron chi connectivity index (χ2n) is 5.96. The van der Waals surface area contributed by atoms with E-state index in [1.54, 1.807) is 19.9 Å². The van der Waals surface area contributed by atoms with E-state index in [1.807, 2.05) is 19.9 Å². The first-order valence-corrected chi connectivity index (χ1v) is 6.64. The molecule has 0 amide bonds. The van der Waals surface area contributed by atoms with Gasteiger partial charge in [-0.25, -0.2) is 0 Å². The van der Waals surface area contributed by atoms with E-state index in [0.717, 1.165) is 5.69 Å². The topological polar surface area (TPSA) is 50.7 Å². The van der Waals surface area contributed by atoms with Crippen molar-refractivity contribution in [3.05, 3.63) is 17.2 Å². The van der Waals surface area contributed by atoms with Crippen molar-refractivity contribution < 1.29 is 14.6 Å². The number of hydrogen-bond acceptors (Lipinski definition) is 4. The number of fused-ring (bicyclic) bond motifs is 1. The van der Waals surface area contributed by atoms with Crippen molar-refractivity contribution in [2.75, 3.05) is 18.7 Å². The number of hydrogen-bond donors (Lipinski definition) is 2. The van der Waals surface area contributed by atoms with Gasteiger partial charge >= 0.3 is 0 Å². The Morgan fingerprint density at radius 1 is 1.21 bits per heavy atom. The van der Waals surface area contributed by atoms with Gasteiger partial charge in [0, 0.05) is 12.0 Å². The van der Waals surface area contributed by atoms with Gasteiger partial charge in [-0.3, -0.25) is 0 Å². The largest absolute Gasteiger partial charge is 0.452 e. The summed E-state index contributed by atoms with van der Waals surface area (Å²) in [4.78, 5) is 0. The van der Waals surface area contributed by atoms with E-state index in [0.29, 0.717) is 23.1 Å². The molecule has 0 saturated heterocycles. The van der Waals surface area contributed by atoms with Gasteiger partial charge in [-0.2, -0.15) is 0 Å². The molecule has 2 rings (SSSR count). The average molecular weight is 286 g/mol. The summed E-state index contributed by atoms with van der Waals surface area (Å²) in [5, 5.41) is 14.0. The van der Waals surface area contributed by atoms with Gasteiger partial charge in [0.05, 0.1) is 16.3 Å². The van der Waals surface area contributed by atoms with Crippen LogP contribution in [0.2, 0.25) is 5.02 Å². The monoisotopic (exact) mass is 285 g/mol. The predicted octanol–water partition coefficient (Wildman–Crippen LogP) is 3.28. The molecule has 0 spiro atoms. The van der Waals surface area contributed by atoms with Crippen molar-refractivity contribution in [1.29, 1.82) is 0 Å². The van der Waals surface area contributed by atoms with Crippen LogP contribution in [0.25, 0.3) is 0 Å². The molecule has 0 aromatic heterocycles. The van der Waals surface area contributed by atoms with Crippen LogP contribution in [0.15, 0.2) is 12.1 Å². The molecule has 4 nitrogen and oxygen atoms in total. The number of anilines is 1. The second kappa shape index (κ2) is 4.76. The van der Waals surface area contributed by atoms with E-state index in [2.05, 4.69) is 5.32 Å². The zero-order valence-corrected chi connectivity index (χ0v) is 12.5. The first-order chi connectivity index (χ1) is 8.72. The smallest absolute Gasteiger partial charge is 0.231 e. The second-order valence-corrected chi connectivity index (χ2v) is 6.36. The lowest BCUT2D eigenvalue weighted by molar-refractivity contribution is -0.0270. The minimum atomic E-state index is -0.785. The highest BCUT2D eigenvalue weighted by Crippen LogP contribution is 2.44. The number of nitrogens with one attached hydrogen (secondary N) is 1. The molecule has 1 aliphatic rings. The minimum absolute atomic E-state index is 0.183. The maximum absolute atomic E-state index is 10.1. The Bertz CT molecular complexity index is 480. The van der Waals surface area contributed by atoms with Crippen LogP contribution in [0.1, 0.15) is 27.7 Å². The van der Waals surface area contributed by atoms with Gasteiger partial charge in [0.2, 0.25) is 6.79 Å². The van der Waals surface area contributed by atoms with Gasteiger partial charge < -0.3 is 19.9 Å². The molecule has 0 atom stereocenters. The van der Waals surface area contributed by atoms with Crippen molar-refractivity contribution in [2.24, 2.45) is 5.41 Å². The average Bonchev–Trinajstić information content (AvgIpc) is 2.76. The SMILES string of the molecule is CC(C)(O)C(C)(C)CNc1ccc(Cl)c2c1OCO2. The molecule has 5 heteroatoms. The highest BCUT2D eigenvalue weighted by Gasteiger charge is 2.35. The highest BCUT2D eigenvalue weighted by atomic mass is 35.5. The fourth-order valence-electron chi connectivity index (χ4n) is 1.64. The quantitative estimate of drug-likeness (QED) is 0.891. The van der Waals surface area contributed by atoms with Crippen molar-refractivity contribution in [1.82, 2.24) is 0 Å². The number of halogens is 1. The Labute approximate surface area is 118 Å². The van der Waals surface area contributed by atoms with Crippen LogP contribution in [0.4, 0.5) is 5.69 Å². The lowest BCUT2D eigenvalue weighted by Crippen LogP contribution is -2.43. The Morgan fingerprint density at radius 2 is 1.84 bits per heavy atom. The molecule has 106 valence electrons. The van der Waals surface area contributed by atoms with Gasteiger partial charge in [-0.1, -0.05) is 25.4 Å². The molecule has 1 aromatic carbocycles. The zero-order chi connectivity index (χ0) is 14.3. The van der Waals surface area contributed by atoms with E-state index in [-0.39, 0.29) is 12.2 Å². The summed E-state index contributed by atoms with van der Waals surface area (Å²) in [6.07, 6.45) is 0. The third kappa shape index (κ3) is 2.74. The fourth-order valence-corrected chi connectivity index (χ4v) is 1.84. The van der Waals surface area contributed by atoms with Crippen LogP contribution in [-0.2, 0) is 0 Å². The van der Waals surface area contributed by atoms with Gasteiger partial charge in [0.15, 0.2) is 11.5 Å². The first kappa shape index (κ1) is 14.3. The van der Waals surface area contributed by atoms with Crippen molar-refractivity contribution in [3.63, 3.8) is 0 Å². The third-order valence-corrected chi connectivity index (χ3v) is 4.15. The standard InChI is InChI=1S/C14H20ClNO3/c1-13(2,14(3,4)17)7-16-10-6-5-9(15)11-12(10)19-8-18-11/h5-6,16-17H,7-8H2,1-4H3. The highest BCUT2D eigenvalue weighted by molar-refractivity contribution is 6.32. The lowest BCUT2D eigenvalue weighted by Gasteiger charge is -2.37. The summed E-state index contributed by atoms with van der Waals surface area (Å²) in [7, 11) is 0. The van der Waals surface area contributed by atoms with Crippen molar-refractivity contribution in [3.8, 4) is 11.5 Å². The van der Waals surface area contributed by atoms with Gasteiger partial charge in [-0.05, 0) is 26.0 Å². The van der Waals surface area contributed by atoms with Gasteiger partial charge in [0.1, 0.15) is 0 Å². The van der Waals surface area contributed by atoms with E-state index < -0.39 is 5.60 Å². The molecule has 1 heterocycles. The van der Waals surface area contributed by atoms with Crippen molar-refractivity contribution in [2.45, 2.75) is 33.3 Å². The summed E-state index contributed by atoms with van der Waals surface area (Å²) in [5.41, 5.74) is -0.249. The van der Waals surface area contributed by atoms with E-state index in [4.69, 9.17) is 21.1 Å². The lowest BCUT2D eigenvalue weighted by atomic mass is 9.77. The molecular weight excluding hydrogens is 266 g/mol.